The molecule has 0 amide bonds. The van der Waals surface area contributed by atoms with Gasteiger partial charge >= 0.3 is 0 Å². The van der Waals surface area contributed by atoms with Crippen LogP contribution in [0.25, 0.3) is 0 Å². The van der Waals surface area contributed by atoms with Crippen LogP contribution in [0, 0.1) is 13.8 Å². The Morgan fingerprint density at radius 2 is 2.16 bits per heavy atom. The van der Waals surface area contributed by atoms with Gasteiger partial charge in [0.2, 0.25) is 0 Å². The number of nitrogens with zero attached hydrogens (tertiary/aromatic N) is 1. The molecule has 0 saturated heterocycles. The Balaban J connectivity index is 2.17. The minimum Gasteiger partial charge on any atom is -0.436 e. The molecule has 102 valence electrons. The molecule has 3 nitrogen and oxygen atoms in total. The third-order valence-electron chi connectivity index (χ3n) is 2.76. The Hall–Kier alpha value is -0.780. The monoisotopic (exact) mass is 340 g/mol. The van der Waals surface area contributed by atoms with Gasteiger partial charge in [0.15, 0.2) is 0 Å². The summed E-state index contributed by atoms with van der Waals surface area (Å²) < 4.78 is 6.62. The maximum atomic E-state index is 5.81. The summed E-state index contributed by atoms with van der Waals surface area (Å²) in [6.07, 6.45) is 0.876. The van der Waals surface area contributed by atoms with Gasteiger partial charge in [-0.2, -0.15) is 0 Å². The molecule has 0 aliphatic carbocycles. The van der Waals surface area contributed by atoms with Crippen molar-refractivity contribution in [3.8, 4) is 0 Å². The molecule has 0 spiro atoms. The number of benzene rings is 1. The predicted molar refractivity (Wildman–Crippen MR) is 81.6 cm³/mol. The topological polar surface area (TPSA) is 52.0 Å². The van der Waals surface area contributed by atoms with Gasteiger partial charge in [-0.3, -0.25) is 0 Å². The highest BCUT2D eigenvalue weighted by Crippen LogP contribution is 2.34. The van der Waals surface area contributed by atoms with E-state index in [4.69, 9.17) is 10.2 Å². The summed E-state index contributed by atoms with van der Waals surface area (Å²) in [5.74, 6) is 0.868. The quantitative estimate of drug-likeness (QED) is 0.910. The zero-order valence-corrected chi connectivity index (χ0v) is 13.6. The van der Waals surface area contributed by atoms with Gasteiger partial charge in [-0.05, 0) is 72.6 Å². The largest absolute Gasteiger partial charge is 0.436 e. The summed E-state index contributed by atoms with van der Waals surface area (Å²) in [5.41, 5.74) is 7.97. The van der Waals surface area contributed by atoms with E-state index in [0.717, 1.165) is 27.2 Å². The molecule has 1 atom stereocenters. The Bertz CT molecular complexity index is 561. The number of hydrogen-bond donors (Lipinski definition) is 1. The Morgan fingerprint density at radius 1 is 1.42 bits per heavy atom. The molecule has 1 aromatic carbocycles. The summed E-state index contributed by atoms with van der Waals surface area (Å²) >= 11 is 5.11. The van der Waals surface area contributed by atoms with Crippen LogP contribution >= 0.6 is 27.7 Å². The lowest BCUT2D eigenvalue weighted by atomic mass is 10.1. The smallest absolute Gasteiger partial charge is 0.261 e. The van der Waals surface area contributed by atoms with E-state index in [1.807, 2.05) is 20.8 Å². The van der Waals surface area contributed by atoms with Gasteiger partial charge in [0.05, 0.1) is 5.69 Å². The zero-order valence-electron chi connectivity index (χ0n) is 11.2. The Morgan fingerprint density at radius 3 is 2.68 bits per heavy atom. The molecule has 0 fully saturated rings. The normalized spacial score (nSPS) is 12.7. The number of rotatable bonds is 4. The van der Waals surface area contributed by atoms with Gasteiger partial charge in [-0.1, -0.05) is 6.07 Å². The molecule has 1 unspecified atom stereocenters. The van der Waals surface area contributed by atoms with Crippen molar-refractivity contribution in [2.75, 3.05) is 0 Å². The molecule has 2 aromatic rings. The fourth-order valence-corrected chi connectivity index (χ4v) is 3.21. The van der Waals surface area contributed by atoms with E-state index in [9.17, 15) is 0 Å². The molecule has 0 aliphatic rings. The lowest BCUT2D eigenvalue weighted by molar-refractivity contribution is 0.431. The number of oxazole rings is 1. The number of aromatic nitrogens is 1. The van der Waals surface area contributed by atoms with E-state index < -0.39 is 0 Å². The fraction of sp³-hybridized carbons (Fsp3) is 0.357. The zero-order chi connectivity index (χ0) is 14.0. The van der Waals surface area contributed by atoms with Crippen LogP contribution in [0.4, 0.5) is 0 Å². The van der Waals surface area contributed by atoms with Gasteiger partial charge in [0.25, 0.3) is 5.22 Å². The van der Waals surface area contributed by atoms with Crippen molar-refractivity contribution in [2.24, 2.45) is 5.73 Å². The highest BCUT2D eigenvalue weighted by molar-refractivity contribution is 9.10. The van der Waals surface area contributed by atoms with E-state index in [1.54, 1.807) is 0 Å². The molecule has 1 heterocycles. The molecule has 2 N–H and O–H groups in total. The lowest BCUT2D eigenvalue weighted by Crippen LogP contribution is -2.17. The highest BCUT2D eigenvalue weighted by Gasteiger charge is 2.10. The Kier molecular flexibility index (Phi) is 4.71. The molecule has 1 aromatic heterocycles. The van der Waals surface area contributed by atoms with Crippen molar-refractivity contribution in [2.45, 2.75) is 43.4 Å². The van der Waals surface area contributed by atoms with Gasteiger partial charge in [0.1, 0.15) is 5.76 Å². The van der Waals surface area contributed by atoms with Crippen molar-refractivity contribution in [1.29, 1.82) is 0 Å². The average molecular weight is 341 g/mol. The fourth-order valence-electron chi connectivity index (χ4n) is 1.71. The first-order valence-electron chi connectivity index (χ1n) is 6.11. The standard InChI is InChI=1S/C14H17BrN2OS/c1-8(16)6-11-4-5-13(12(15)7-11)19-14-17-9(2)10(3)18-14/h4-5,7-8H,6,16H2,1-3H3. The van der Waals surface area contributed by atoms with Crippen LogP contribution in [-0.4, -0.2) is 11.0 Å². The van der Waals surface area contributed by atoms with E-state index in [-0.39, 0.29) is 6.04 Å². The number of aryl methyl sites for hydroxylation is 2. The van der Waals surface area contributed by atoms with Crippen LogP contribution in [-0.2, 0) is 6.42 Å². The molecule has 5 heteroatoms. The summed E-state index contributed by atoms with van der Waals surface area (Å²) in [6.45, 7) is 5.88. The molecular formula is C14H17BrN2OS. The Labute approximate surface area is 126 Å². The van der Waals surface area contributed by atoms with Crippen LogP contribution < -0.4 is 5.73 Å². The van der Waals surface area contributed by atoms with Gasteiger partial charge in [-0.15, -0.1) is 0 Å². The molecular weight excluding hydrogens is 324 g/mol. The van der Waals surface area contributed by atoms with Crippen molar-refractivity contribution >= 4 is 27.7 Å². The molecule has 2 rings (SSSR count). The molecule has 0 aliphatic heterocycles. The third kappa shape index (κ3) is 3.84. The third-order valence-corrected chi connectivity index (χ3v) is 4.60. The summed E-state index contributed by atoms with van der Waals surface area (Å²) in [6, 6.07) is 6.44. The first-order chi connectivity index (χ1) is 8.95. The van der Waals surface area contributed by atoms with Crippen molar-refractivity contribution < 1.29 is 4.42 Å². The van der Waals surface area contributed by atoms with Crippen molar-refractivity contribution in [3.05, 3.63) is 39.7 Å². The molecule has 0 saturated carbocycles. The van der Waals surface area contributed by atoms with Gasteiger partial charge < -0.3 is 10.2 Å². The first kappa shape index (κ1) is 14.6. The minimum atomic E-state index is 0.169. The van der Waals surface area contributed by atoms with E-state index in [0.29, 0.717) is 5.22 Å². The SMILES string of the molecule is Cc1nc(Sc2ccc(CC(C)N)cc2Br)oc1C. The van der Waals surface area contributed by atoms with Crippen molar-refractivity contribution in [1.82, 2.24) is 4.98 Å². The second-order valence-corrected chi connectivity index (χ2v) is 6.52. The maximum Gasteiger partial charge on any atom is 0.261 e. The first-order valence-corrected chi connectivity index (χ1v) is 7.72. The summed E-state index contributed by atoms with van der Waals surface area (Å²) in [4.78, 5) is 5.47. The van der Waals surface area contributed by atoms with Crippen molar-refractivity contribution in [3.63, 3.8) is 0 Å². The maximum absolute atomic E-state index is 5.81. The van der Waals surface area contributed by atoms with Crippen LogP contribution in [0.5, 0.6) is 0 Å². The van der Waals surface area contributed by atoms with E-state index >= 15 is 0 Å². The second-order valence-electron chi connectivity index (χ2n) is 4.67. The predicted octanol–water partition coefficient (Wildman–Crippen LogP) is 4.09. The highest BCUT2D eigenvalue weighted by atomic mass is 79.9. The van der Waals surface area contributed by atoms with Gasteiger partial charge in [-0.25, -0.2) is 4.98 Å². The molecule has 0 radical (unpaired) electrons. The van der Waals surface area contributed by atoms with E-state index in [2.05, 4.69) is 39.1 Å². The second kappa shape index (κ2) is 6.11. The van der Waals surface area contributed by atoms with Crippen LogP contribution in [0.15, 0.2) is 37.2 Å². The molecule has 19 heavy (non-hydrogen) atoms. The lowest BCUT2D eigenvalue weighted by Gasteiger charge is -2.07. The van der Waals surface area contributed by atoms with Gasteiger partial charge in [0, 0.05) is 15.4 Å². The average Bonchev–Trinajstić information content (AvgIpc) is 2.61. The molecule has 0 bridgehead atoms. The number of hydrogen-bond acceptors (Lipinski definition) is 4. The van der Waals surface area contributed by atoms with Crippen LogP contribution in [0.2, 0.25) is 0 Å². The summed E-state index contributed by atoms with van der Waals surface area (Å²) in [5, 5.41) is 0.677. The number of nitrogens with two attached hydrogens (primary N) is 1. The van der Waals surface area contributed by atoms with E-state index in [1.165, 1.54) is 17.3 Å². The number of halogens is 1. The van der Waals surface area contributed by atoms with Crippen LogP contribution in [0.3, 0.4) is 0 Å². The minimum absolute atomic E-state index is 0.169. The summed E-state index contributed by atoms with van der Waals surface area (Å²) in [7, 11) is 0. The van der Waals surface area contributed by atoms with Crippen LogP contribution in [0.1, 0.15) is 23.9 Å².